The number of carbonyl (C=O) groups excluding carboxylic acids is 2. The number of aliphatic hydroxyl groups is 1. The fourth-order valence-corrected chi connectivity index (χ4v) is 3.82. The van der Waals surface area contributed by atoms with Crippen LogP contribution in [0.5, 0.6) is 0 Å². The van der Waals surface area contributed by atoms with E-state index in [1.165, 1.54) is 30.6 Å². The van der Waals surface area contributed by atoms with Crippen molar-refractivity contribution in [1.82, 2.24) is 5.43 Å². The molecule has 2 aliphatic heterocycles. The molecule has 1 saturated heterocycles. The first-order chi connectivity index (χ1) is 8.13. The summed E-state index contributed by atoms with van der Waals surface area (Å²) in [6.45, 7) is 0. The van der Waals surface area contributed by atoms with Crippen molar-refractivity contribution in [1.29, 1.82) is 0 Å². The Hall–Kier alpha value is -0.990. The second-order valence-corrected chi connectivity index (χ2v) is 5.65. The summed E-state index contributed by atoms with van der Waals surface area (Å²) in [5.41, 5.74) is 2.50. The van der Waals surface area contributed by atoms with E-state index in [4.69, 9.17) is 0 Å². The number of nitrogens with one attached hydrogen (secondary N) is 1. The number of hydrogen-bond acceptors (Lipinski definition) is 7. The molecular weight excluding hydrogens is 264 g/mol. The minimum atomic E-state index is -0.641. The average Bonchev–Trinajstić information content (AvgIpc) is 2.71. The molecule has 0 saturated carbocycles. The minimum absolute atomic E-state index is 0.00360. The summed E-state index contributed by atoms with van der Waals surface area (Å²) >= 11 is 2.69. The maximum Gasteiger partial charge on any atom is 0.359 e. The molecule has 2 aliphatic rings. The molecule has 8 heteroatoms. The van der Waals surface area contributed by atoms with Crippen LogP contribution in [-0.2, 0) is 14.3 Å². The van der Waals surface area contributed by atoms with Crippen LogP contribution in [-0.4, -0.2) is 47.4 Å². The molecule has 0 aliphatic carbocycles. The highest BCUT2D eigenvalue weighted by Crippen LogP contribution is 2.38. The predicted octanol–water partition coefficient (Wildman–Crippen LogP) is -0.302. The molecule has 1 fully saturated rings. The van der Waals surface area contributed by atoms with Gasteiger partial charge in [-0.3, -0.25) is 4.79 Å². The molecular formula is C9H10N2O4S2. The molecule has 6 nitrogen and oxygen atoms in total. The SMILES string of the molecule is COC(=O)C1=NNC(=O)C1=C1SCC(O)CS1. The summed E-state index contributed by atoms with van der Waals surface area (Å²) in [7, 11) is 1.24. The maximum atomic E-state index is 11.6. The van der Waals surface area contributed by atoms with Crippen molar-refractivity contribution in [3.05, 3.63) is 9.81 Å². The maximum absolute atomic E-state index is 11.6. The third-order valence-corrected chi connectivity index (χ3v) is 4.87. The highest BCUT2D eigenvalue weighted by Gasteiger charge is 2.34. The fourth-order valence-electron chi connectivity index (χ4n) is 1.34. The smallest absolute Gasteiger partial charge is 0.359 e. The van der Waals surface area contributed by atoms with E-state index < -0.39 is 18.0 Å². The van der Waals surface area contributed by atoms with Crippen LogP contribution in [0.25, 0.3) is 0 Å². The number of esters is 1. The molecule has 2 N–H and O–H groups in total. The van der Waals surface area contributed by atoms with Gasteiger partial charge < -0.3 is 9.84 Å². The summed E-state index contributed by atoms with van der Waals surface area (Å²) in [5.74, 6) is -0.0313. The Labute approximate surface area is 106 Å². The zero-order chi connectivity index (χ0) is 12.4. The van der Waals surface area contributed by atoms with Gasteiger partial charge in [0, 0.05) is 11.5 Å². The predicted molar refractivity (Wildman–Crippen MR) is 65.5 cm³/mol. The second-order valence-electron chi connectivity index (χ2n) is 3.33. The molecule has 0 spiro atoms. The summed E-state index contributed by atoms with van der Waals surface area (Å²) in [6, 6.07) is 0. The number of amides is 1. The summed E-state index contributed by atoms with van der Waals surface area (Å²) < 4.78 is 5.26. The molecule has 17 heavy (non-hydrogen) atoms. The first-order valence-electron chi connectivity index (χ1n) is 4.78. The number of aliphatic hydroxyl groups excluding tert-OH is 1. The van der Waals surface area contributed by atoms with Gasteiger partial charge in [0.15, 0.2) is 5.71 Å². The van der Waals surface area contributed by atoms with E-state index in [1.807, 2.05) is 0 Å². The van der Waals surface area contributed by atoms with Crippen molar-refractivity contribution in [3.63, 3.8) is 0 Å². The highest BCUT2D eigenvalue weighted by molar-refractivity contribution is 8.23. The van der Waals surface area contributed by atoms with E-state index in [0.29, 0.717) is 15.7 Å². The molecule has 0 atom stereocenters. The third-order valence-electron chi connectivity index (χ3n) is 2.13. The number of methoxy groups -OCH3 is 1. The molecule has 0 bridgehead atoms. The quantitative estimate of drug-likeness (QED) is 0.504. The van der Waals surface area contributed by atoms with Crippen LogP contribution in [0.4, 0.5) is 0 Å². The molecule has 0 aromatic carbocycles. The topological polar surface area (TPSA) is 88.0 Å². The fraction of sp³-hybridized carbons (Fsp3) is 0.444. The van der Waals surface area contributed by atoms with E-state index in [-0.39, 0.29) is 11.3 Å². The molecule has 1 amide bonds. The van der Waals surface area contributed by atoms with Gasteiger partial charge in [0.1, 0.15) is 0 Å². The van der Waals surface area contributed by atoms with Crippen molar-refractivity contribution in [2.24, 2.45) is 5.10 Å². The van der Waals surface area contributed by atoms with Crippen LogP contribution < -0.4 is 5.43 Å². The molecule has 0 unspecified atom stereocenters. The van der Waals surface area contributed by atoms with Gasteiger partial charge in [-0.1, -0.05) is 0 Å². The van der Waals surface area contributed by atoms with Gasteiger partial charge in [-0.15, -0.1) is 23.5 Å². The number of nitrogens with zero attached hydrogens (tertiary/aromatic N) is 1. The van der Waals surface area contributed by atoms with Crippen molar-refractivity contribution >= 4 is 41.1 Å². The first kappa shape index (κ1) is 12.5. The Balaban J connectivity index is 2.28. The van der Waals surface area contributed by atoms with Gasteiger partial charge in [0.2, 0.25) is 0 Å². The summed E-state index contributed by atoms with van der Waals surface area (Å²) in [5, 5.41) is 13.0. The Morgan fingerprint density at radius 1 is 1.53 bits per heavy atom. The molecule has 92 valence electrons. The van der Waals surface area contributed by atoms with Crippen molar-refractivity contribution in [3.8, 4) is 0 Å². The normalized spacial score (nSPS) is 24.5. The number of carbonyl (C=O) groups is 2. The Morgan fingerprint density at radius 3 is 2.76 bits per heavy atom. The van der Waals surface area contributed by atoms with Gasteiger partial charge in [0.25, 0.3) is 5.91 Å². The van der Waals surface area contributed by atoms with Crippen LogP contribution >= 0.6 is 23.5 Å². The summed E-state index contributed by atoms with van der Waals surface area (Å²) in [4.78, 5) is 23.0. The number of ether oxygens (including phenoxy) is 1. The largest absolute Gasteiger partial charge is 0.464 e. The van der Waals surface area contributed by atoms with Crippen molar-refractivity contribution in [2.75, 3.05) is 18.6 Å². The molecule has 0 radical (unpaired) electrons. The van der Waals surface area contributed by atoms with Crippen LogP contribution in [0.2, 0.25) is 0 Å². The van der Waals surface area contributed by atoms with Gasteiger partial charge in [-0.25, -0.2) is 10.2 Å². The van der Waals surface area contributed by atoms with Gasteiger partial charge in [0.05, 0.1) is 23.0 Å². The molecule has 0 aromatic rings. The molecule has 2 heterocycles. The summed E-state index contributed by atoms with van der Waals surface area (Å²) in [6.07, 6.45) is -0.391. The Bertz CT molecular complexity index is 423. The standard InChI is InChI=1S/C9H10N2O4S2/c1-15-8(14)6-5(7(13)11-10-6)9-16-2-4(12)3-17-9/h4,12H,2-3H2,1H3,(H,11,13). The first-order valence-corrected chi connectivity index (χ1v) is 6.75. The van der Waals surface area contributed by atoms with Crippen LogP contribution in [0.3, 0.4) is 0 Å². The lowest BCUT2D eigenvalue weighted by Crippen LogP contribution is -2.23. The second kappa shape index (κ2) is 5.11. The molecule has 2 rings (SSSR count). The van der Waals surface area contributed by atoms with E-state index in [2.05, 4.69) is 15.3 Å². The van der Waals surface area contributed by atoms with E-state index in [1.54, 1.807) is 0 Å². The monoisotopic (exact) mass is 274 g/mol. The minimum Gasteiger partial charge on any atom is -0.464 e. The number of hydrogen-bond donors (Lipinski definition) is 2. The van der Waals surface area contributed by atoms with E-state index in [0.717, 1.165) is 0 Å². The Kier molecular flexibility index (Phi) is 3.75. The lowest BCUT2D eigenvalue weighted by Gasteiger charge is -2.19. The zero-order valence-electron chi connectivity index (χ0n) is 8.93. The number of rotatable bonds is 1. The van der Waals surface area contributed by atoms with Gasteiger partial charge in [-0.05, 0) is 0 Å². The van der Waals surface area contributed by atoms with Crippen molar-refractivity contribution < 1.29 is 19.4 Å². The van der Waals surface area contributed by atoms with Gasteiger partial charge >= 0.3 is 5.97 Å². The third kappa shape index (κ3) is 2.48. The Morgan fingerprint density at radius 2 is 2.18 bits per heavy atom. The van der Waals surface area contributed by atoms with Crippen LogP contribution in [0.15, 0.2) is 14.9 Å². The molecule has 0 aromatic heterocycles. The van der Waals surface area contributed by atoms with E-state index >= 15 is 0 Å². The highest BCUT2D eigenvalue weighted by atomic mass is 32.2. The lowest BCUT2D eigenvalue weighted by molar-refractivity contribution is -0.132. The number of thioether (sulfide) groups is 2. The lowest BCUT2D eigenvalue weighted by atomic mass is 10.2. The van der Waals surface area contributed by atoms with Crippen LogP contribution in [0.1, 0.15) is 0 Å². The van der Waals surface area contributed by atoms with Gasteiger partial charge in [-0.2, -0.15) is 5.10 Å². The average molecular weight is 274 g/mol. The van der Waals surface area contributed by atoms with E-state index in [9.17, 15) is 14.7 Å². The number of hydrazone groups is 1. The van der Waals surface area contributed by atoms with Crippen molar-refractivity contribution in [2.45, 2.75) is 6.10 Å². The zero-order valence-corrected chi connectivity index (χ0v) is 10.6. The van der Waals surface area contributed by atoms with Crippen LogP contribution in [0, 0.1) is 0 Å².